The summed E-state index contributed by atoms with van der Waals surface area (Å²) in [6.45, 7) is 0. The third-order valence-corrected chi connectivity index (χ3v) is 3.06. The molecule has 20 heavy (non-hydrogen) atoms. The molecule has 1 heterocycles. The molecule has 0 saturated carbocycles. The Balaban J connectivity index is 2.35. The second-order valence-electron chi connectivity index (χ2n) is 4.39. The highest BCUT2D eigenvalue weighted by Crippen LogP contribution is 2.28. The van der Waals surface area contributed by atoms with Crippen LogP contribution in [0.5, 0.6) is 0 Å². The SMILES string of the molecule is O=C(O)c1cc2ccccc2c(-c2cccc(F)c2)n1. The normalized spacial score (nSPS) is 10.7. The summed E-state index contributed by atoms with van der Waals surface area (Å²) in [7, 11) is 0. The van der Waals surface area contributed by atoms with Gasteiger partial charge in [0.15, 0.2) is 0 Å². The maximum Gasteiger partial charge on any atom is 0.354 e. The molecule has 0 fully saturated rings. The summed E-state index contributed by atoms with van der Waals surface area (Å²) < 4.78 is 13.4. The molecule has 0 radical (unpaired) electrons. The number of carboxylic acids is 1. The van der Waals surface area contributed by atoms with E-state index in [4.69, 9.17) is 5.11 Å². The Morgan fingerprint density at radius 3 is 2.60 bits per heavy atom. The third-order valence-electron chi connectivity index (χ3n) is 3.06. The van der Waals surface area contributed by atoms with E-state index < -0.39 is 5.97 Å². The van der Waals surface area contributed by atoms with Crippen molar-refractivity contribution in [1.29, 1.82) is 0 Å². The van der Waals surface area contributed by atoms with E-state index >= 15 is 0 Å². The maximum absolute atomic E-state index is 13.4. The standard InChI is InChI=1S/C16H10FNO2/c17-12-6-3-5-11(8-12)15-13-7-2-1-4-10(13)9-14(18-15)16(19)20/h1-9H,(H,19,20). The lowest BCUT2D eigenvalue weighted by Gasteiger charge is -2.08. The summed E-state index contributed by atoms with van der Waals surface area (Å²) in [4.78, 5) is 15.3. The Morgan fingerprint density at radius 2 is 1.85 bits per heavy atom. The molecule has 98 valence electrons. The van der Waals surface area contributed by atoms with E-state index in [2.05, 4.69) is 4.98 Å². The van der Waals surface area contributed by atoms with Gasteiger partial charge in [-0.15, -0.1) is 0 Å². The van der Waals surface area contributed by atoms with Gasteiger partial charge in [-0.05, 0) is 23.6 Å². The largest absolute Gasteiger partial charge is 0.477 e. The van der Waals surface area contributed by atoms with Crippen LogP contribution < -0.4 is 0 Å². The van der Waals surface area contributed by atoms with E-state index in [1.807, 2.05) is 24.3 Å². The van der Waals surface area contributed by atoms with Crippen LogP contribution in [0.1, 0.15) is 10.5 Å². The number of aromatic nitrogens is 1. The highest BCUT2D eigenvalue weighted by Gasteiger charge is 2.12. The molecule has 0 amide bonds. The fourth-order valence-corrected chi connectivity index (χ4v) is 2.16. The van der Waals surface area contributed by atoms with Crippen LogP contribution in [-0.2, 0) is 0 Å². The van der Waals surface area contributed by atoms with Crippen LogP contribution in [-0.4, -0.2) is 16.1 Å². The zero-order chi connectivity index (χ0) is 14.1. The van der Waals surface area contributed by atoms with Crippen molar-refractivity contribution in [3.8, 4) is 11.3 Å². The number of aromatic carboxylic acids is 1. The Labute approximate surface area is 114 Å². The topological polar surface area (TPSA) is 50.2 Å². The van der Waals surface area contributed by atoms with Gasteiger partial charge >= 0.3 is 5.97 Å². The number of rotatable bonds is 2. The molecule has 2 aromatic carbocycles. The predicted molar refractivity (Wildman–Crippen MR) is 74.1 cm³/mol. The van der Waals surface area contributed by atoms with Crippen LogP contribution in [0.25, 0.3) is 22.0 Å². The summed E-state index contributed by atoms with van der Waals surface area (Å²) in [5.41, 5.74) is 0.979. The molecule has 0 saturated heterocycles. The van der Waals surface area contributed by atoms with Gasteiger partial charge in [0, 0.05) is 10.9 Å². The second-order valence-corrected chi connectivity index (χ2v) is 4.39. The van der Waals surface area contributed by atoms with E-state index in [9.17, 15) is 9.18 Å². The van der Waals surface area contributed by atoms with Crippen LogP contribution in [0, 0.1) is 5.82 Å². The van der Waals surface area contributed by atoms with Crippen LogP contribution in [0.3, 0.4) is 0 Å². The average Bonchev–Trinajstić information content (AvgIpc) is 2.46. The van der Waals surface area contributed by atoms with Crippen LogP contribution >= 0.6 is 0 Å². The van der Waals surface area contributed by atoms with Crippen molar-refractivity contribution < 1.29 is 14.3 Å². The number of nitrogens with zero attached hydrogens (tertiary/aromatic N) is 1. The van der Waals surface area contributed by atoms with Gasteiger partial charge in [-0.1, -0.05) is 36.4 Å². The average molecular weight is 267 g/mol. The molecule has 1 N–H and O–H groups in total. The van der Waals surface area contributed by atoms with Crippen LogP contribution in [0.15, 0.2) is 54.6 Å². The number of carbonyl (C=O) groups is 1. The van der Waals surface area contributed by atoms with Crippen molar-refractivity contribution in [3.05, 3.63) is 66.1 Å². The predicted octanol–water partition coefficient (Wildman–Crippen LogP) is 3.74. The van der Waals surface area contributed by atoms with Crippen molar-refractivity contribution in [2.24, 2.45) is 0 Å². The summed E-state index contributed by atoms with van der Waals surface area (Å²) in [6.07, 6.45) is 0. The van der Waals surface area contributed by atoms with Gasteiger partial charge in [-0.25, -0.2) is 14.2 Å². The number of hydrogen-bond donors (Lipinski definition) is 1. The minimum Gasteiger partial charge on any atom is -0.477 e. The molecule has 3 rings (SSSR count). The van der Waals surface area contributed by atoms with Gasteiger partial charge < -0.3 is 5.11 Å². The molecular formula is C16H10FNO2. The zero-order valence-electron chi connectivity index (χ0n) is 10.4. The first-order valence-corrected chi connectivity index (χ1v) is 6.04. The van der Waals surface area contributed by atoms with Gasteiger partial charge in [0.1, 0.15) is 11.5 Å². The fourth-order valence-electron chi connectivity index (χ4n) is 2.16. The van der Waals surface area contributed by atoms with Crippen molar-refractivity contribution in [1.82, 2.24) is 4.98 Å². The van der Waals surface area contributed by atoms with Crippen molar-refractivity contribution >= 4 is 16.7 Å². The Bertz CT molecular complexity index is 814. The van der Waals surface area contributed by atoms with Gasteiger partial charge in [0.05, 0.1) is 5.69 Å². The molecule has 0 atom stereocenters. The highest BCUT2D eigenvalue weighted by molar-refractivity contribution is 5.99. The maximum atomic E-state index is 13.4. The van der Waals surface area contributed by atoms with E-state index in [0.29, 0.717) is 11.3 Å². The number of pyridine rings is 1. The summed E-state index contributed by atoms with van der Waals surface area (Å²) in [6, 6.07) is 14.8. The van der Waals surface area contributed by atoms with Crippen molar-refractivity contribution in [2.75, 3.05) is 0 Å². The Kier molecular flexibility index (Phi) is 2.91. The van der Waals surface area contributed by atoms with Gasteiger partial charge in [0.25, 0.3) is 0 Å². The first-order valence-electron chi connectivity index (χ1n) is 6.04. The lowest BCUT2D eigenvalue weighted by Crippen LogP contribution is -2.02. The highest BCUT2D eigenvalue weighted by atomic mass is 19.1. The molecule has 0 bridgehead atoms. The number of benzene rings is 2. The minimum absolute atomic E-state index is 0.0528. The van der Waals surface area contributed by atoms with Crippen molar-refractivity contribution in [3.63, 3.8) is 0 Å². The van der Waals surface area contributed by atoms with Crippen molar-refractivity contribution in [2.45, 2.75) is 0 Å². The lowest BCUT2D eigenvalue weighted by molar-refractivity contribution is 0.0691. The number of halogens is 1. The molecule has 0 aliphatic carbocycles. The van der Waals surface area contributed by atoms with Gasteiger partial charge in [-0.3, -0.25) is 0 Å². The molecular weight excluding hydrogens is 257 g/mol. The molecule has 0 spiro atoms. The molecule has 1 aromatic heterocycles. The molecule has 3 aromatic rings. The Hall–Kier alpha value is -2.75. The zero-order valence-corrected chi connectivity index (χ0v) is 10.4. The number of carboxylic acid groups (broad SMARTS) is 1. The van der Waals surface area contributed by atoms with E-state index in [1.165, 1.54) is 18.2 Å². The van der Waals surface area contributed by atoms with E-state index in [0.717, 1.165) is 10.8 Å². The lowest BCUT2D eigenvalue weighted by atomic mass is 10.0. The second kappa shape index (κ2) is 4.74. The van der Waals surface area contributed by atoms with Gasteiger partial charge in [-0.2, -0.15) is 0 Å². The minimum atomic E-state index is -1.10. The molecule has 0 unspecified atom stereocenters. The molecule has 3 nitrogen and oxygen atoms in total. The first-order chi connectivity index (χ1) is 9.65. The summed E-state index contributed by atoms with van der Waals surface area (Å²) >= 11 is 0. The first kappa shape index (κ1) is 12.3. The van der Waals surface area contributed by atoms with Crippen LogP contribution in [0.2, 0.25) is 0 Å². The number of hydrogen-bond acceptors (Lipinski definition) is 2. The van der Waals surface area contributed by atoms with Gasteiger partial charge in [0.2, 0.25) is 0 Å². The fraction of sp³-hybridized carbons (Fsp3) is 0. The number of fused-ring (bicyclic) bond motifs is 1. The van der Waals surface area contributed by atoms with Crippen LogP contribution in [0.4, 0.5) is 4.39 Å². The molecule has 0 aliphatic heterocycles. The summed E-state index contributed by atoms with van der Waals surface area (Å²) in [5.74, 6) is -1.48. The Morgan fingerprint density at radius 1 is 1.05 bits per heavy atom. The van der Waals surface area contributed by atoms with E-state index in [1.54, 1.807) is 12.1 Å². The molecule has 0 aliphatic rings. The third kappa shape index (κ3) is 2.12. The monoisotopic (exact) mass is 267 g/mol. The quantitative estimate of drug-likeness (QED) is 0.769. The van der Waals surface area contributed by atoms with E-state index in [-0.39, 0.29) is 11.5 Å². The summed E-state index contributed by atoms with van der Waals surface area (Å²) in [5, 5.41) is 10.7. The smallest absolute Gasteiger partial charge is 0.354 e. The molecule has 4 heteroatoms.